The van der Waals surface area contributed by atoms with Gasteiger partial charge in [-0.15, -0.1) is 0 Å². The van der Waals surface area contributed by atoms with E-state index in [0.29, 0.717) is 0 Å². The Morgan fingerprint density at radius 2 is 2.06 bits per heavy atom. The van der Waals surface area contributed by atoms with Crippen molar-refractivity contribution >= 4 is 0 Å². The van der Waals surface area contributed by atoms with Crippen molar-refractivity contribution in [1.29, 1.82) is 0 Å². The highest BCUT2D eigenvalue weighted by Crippen LogP contribution is 2.07. The Kier molecular flexibility index (Phi) is 3.94. The van der Waals surface area contributed by atoms with E-state index in [4.69, 9.17) is 5.73 Å². The Morgan fingerprint density at radius 3 is 2.71 bits per heavy atom. The standard InChI is InChI=1S/C14H19N3/c1-17-10-9-16-14(17)11-13(15)8-7-12-5-3-2-4-6-12/h2-6,9-10,13H,7-8,11,15H2,1H3. The van der Waals surface area contributed by atoms with Crippen molar-refractivity contribution in [2.45, 2.75) is 25.3 Å². The van der Waals surface area contributed by atoms with E-state index in [-0.39, 0.29) is 6.04 Å². The van der Waals surface area contributed by atoms with Gasteiger partial charge in [0.1, 0.15) is 5.82 Å². The van der Waals surface area contributed by atoms with Crippen LogP contribution in [0.5, 0.6) is 0 Å². The maximum Gasteiger partial charge on any atom is 0.109 e. The van der Waals surface area contributed by atoms with Crippen molar-refractivity contribution in [3.63, 3.8) is 0 Å². The van der Waals surface area contributed by atoms with Crippen molar-refractivity contribution in [1.82, 2.24) is 9.55 Å². The van der Waals surface area contributed by atoms with E-state index in [9.17, 15) is 0 Å². The lowest BCUT2D eigenvalue weighted by Gasteiger charge is -2.11. The Balaban J connectivity index is 1.82. The lowest BCUT2D eigenvalue weighted by molar-refractivity contribution is 0.581. The van der Waals surface area contributed by atoms with Crippen LogP contribution in [0.3, 0.4) is 0 Å². The smallest absolute Gasteiger partial charge is 0.109 e. The number of aromatic nitrogens is 2. The van der Waals surface area contributed by atoms with Gasteiger partial charge in [-0.25, -0.2) is 4.98 Å². The molecule has 0 radical (unpaired) electrons. The van der Waals surface area contributed by atoms with Crippen LogP contribution >= 0.6 is 0 Å². The van der Waals surface area contributed by atoms with Crippen molar-refractivity contribution in [2.24, 2.45) is 12.8 Å². The van der Waals surface area contributed by atoms with E-state index >= 15 is 0 Å². The Bertz CT molecular complexity index is 448. The van der Waals surface area contributed by atoms with Gasteiger partial charge in [0.05, 0.1) is 0 Å². The molecule has 0 spiro atoms. The molecule has 2 aromatic rings. The van der Waals surface area contributed by atoms with Crippen LogP contribution < -0.4 is 5.73 Å². The highest BCUT2D eigenvalue weighted by atomic mass is 15.0. The van der Waals surface area contributed by atoms with Crippen LogP contribution in [0.15, 0.2) is 42.7 Å². The number of nitrogens with zero attached hydrogens (tertiary/aromatic N) is 2. The molecule has 2 N–H and O–H groups in total. The lowest BCUT2D eigenvalue weighted by Crippen LogP contribution is -2.25. The summed E-state index contributed by atoms with van der Waals surface area (Å²) < 4.78 is 2.03. The first-order valence-electron chi connectivity index (χ1n) is 6.01. The number of rotatable bonds is 5. The monoisotopic (exact) mass is 229 g/mol. The fourth-order valence-corrected chi connectivity index (χ4v) is 1.93. The molecule has 1 heterocycles. The summed E-state index contributed by atoms with van der Waals surface area (Å²) >= 11 is 0. The molecule has 17 heavy (non-hydrogen) atoms. The van der Waals surface area contributed by atoms with Crippen LogP contribution in [0.4, 0.5) is 0 Å². The molecule has 0 saturated carbocycles. The molecule has 0 aliphatic carbocycles. The summed E-state index contributed by atoms with van der Waals surface area (Å²) in [6.07, 6.45) is 6.65. The van der Waals surface area contributed by atoms with Gasteiger partial charge in [0, 0.05) is 31.9 Å². The quantitative estimate of drug-likeness (QED) is 0.851. The number of hydrogen-bond acceptors (Lipinski definition) is 2. The van der Waals surface area contributed by atoms with Gasteiger partial charge in [-0.05, 0) is 18.4 Å². The molecule has 1 atom stereocenters. The predicted molar refractivity (Wildman–Crippen MR) is 69.7 cm³/mol. The zero-order valence-electron chi connectivity index (χ0n) is 10.2. The molecule has 2 rings (SSSR count). The van der Waals surface area contributed by atoms with Gasteiger partial charge in [-0.3, -0.25) is 0 Å². The largest absolute Gasteiger partial charge is 0.338 e. The lowest BCUT2D eigenvalue weighted by atomic mass is 10.0. The van der Waals surface area contributed by atoms with Gasteiger partial charge in [-0.1, -0.05) is 30.3 Å². The second-order valence-corrected chi connectivity index (χ2v) is 4.44. The fraction of sp³-hybridized carbons (Fsp3) is 0.357. The average Bonchev–Trinajstić information content (AvgIpc) is 2.74. The minimum absolute atomic E-state index is 0.177. The molecule has 3 nitrogen and oxygen atoms in total. The number of hydrogen-bond donors (Lipinski definition) is 1. The number of imidazole rings is 1. The van der Waals surface area contributed by atoms with Crippen LogP contribution in [0.25, 0.3) is 0 Å². The van der Waals surface area contributed by atoms with Crippen molar-refractivity contribution in [3.05, 3.63) is 54.1 Å². The van der Waals surface area contributed by atoms with Crippen LogP contribution in [-0.2, 0) is 19.9 Å². The van der Waals surface area contributed by atoms with Gasteiger partial charge < -0.3 is 10.3 Å². The summed E-state index contributed by atoms with van der Waals surface area (Å²) in [7, 11) is 2.01. The fourth-order valence-electron chi connectivity index (χ4n) is 1.93. The van der Waals surface area contributed by atoms with Crippen molar-refractivity contribution in [2.75, 3.05) is 0 Å². The minimum atomic E-state index is 0.177. The van der Waals surface area contributed by atoms with Gasteiger partial charge >= 0.3 is 0 Å². The molecular formula is C14H19N3. The second kappa shape index (κ2) is 5.64. The van der Waals surface area contributed by atoms with E-state index in [0.717, 1.165) is 25.1 Å². The van der Waals surface area contributed by atoms with Crippen LogP contribution in [-0.4, -0.2) is 15.6 Å². The average molecular weight is 229 g/mol. The predicted octanol–water partition coefficient (Wildman–Crippen LogP) is 1.92. The maximum absolute atomic E-state index is 6.13. The first kappa shape index (κ1) is 11.9. The summed E-state index contributed by atoms with van der Waals surface area (Å²) in [5.74, 6) is 1.06. The normalized spacial score (nSPS) is 12.6. The first-order valence-corrected chi connectivity index (χ1v) is 6.01. The number of aryl methyl sites for hydroxylation is 2. The van der Waals surface area contributed by atoms with Crippen molar-refractivity contribution in [3.8, 4) is 0 Å². The van der Waals surface area contributed by atoms with Gasteiger partial charge in [-0.2, -0.15) is 0 Å². The third-order valence-corrected chi connectivity index (χ3v) is 3.01. The highest BCUT2D eigenvalue weighted by molar-refractivity contribution is 5.14. The second-order valence-electron chi connectivity index (χ2n) is 4.44. The number of nitrogens with two attached hydrogens (primary N) is 1. The molecule has 0 saturated heterocycles. The molecule has 1 aromatic heterocycles. The third-order valence-electron chi connectivity index (χ3n) is 3.01. The SMILES string of the molecule is Cn1ccnc1CC(N)CCc1ccccc1. The van der Waals surface area contributed by atoms with Crippen LogP contribution in [0.2, 0.25) is 0 Å². The molecule has 1 unspecified atom stereocenters. The van der Waals surface area contributed by atoms with E-state index in [1.54, 1.807) is 0 Å². The molecule has 1 aromatic carbocycles. The molecule has 0 amide bonds. The minimum Gasteiger partial charge on any atom is -0.338 e. The summed E-state index contributed by atoms with van der Waals surface area (Å²) in [6.45, 7) is 0. The van der Waals surface area contributed by atoms with Crippen LogP contribution in [0.1, 0.15) is 17.8 Å². The summed E-state index contributed by atoms with van der Waals surface area (Å²) in [6, 6.07) is 10.6. The van der Waals surface area contributed by atoms with E-state index in [1.807, 2.05) is 30.1 Å². The van der Waals surface area contributed by atoms with Crippen molar-refractivity contribution < 1.29 is 0 Å². The third kappa shape index (κ3) is 3.43. The Hall–Kier alpha value is -1.61. The molecule has 0 fully saturated rings. The Labute approximate surface area is 102 Å². The Morgan fingerprint density at radius 1 is 1.29 bits per heavy atom. The molecule has 3 heteroatoms. The highest BCUT2D eigenvalue weighted by Gasteiger charge is 2.07. The zero-order chi connectivity index (χ0) is 12.1. The molecular weight excluding hydrogens is 210 g/mol. The molecule has 0 bridgehead atoms. The topological polar surface area (TPSA) is 43.8 Å². The first-order chi connectivity index (χ1) is 8.25. The van der Waals surface area contributed by atoms with E-state index in [2.05, 4.69) is 29.2 Å². The molecule has 0 aliphatic heterocycles. The molecule has 90 valence electrons. The summed E-state index contributed by atoms with van der Waals surface area (Å²) in [4.78, 5) is 4.29. The van der Waals surface area contributed by atoms with Gasteiger partial charge in [0.15, 0.2) is 0 Å². The van der Waals surface area contributed by atoms with Crippen LogP contribution in [0, 0.1) is 0 Å². The summed E-state index contributed by atoms with van der Waals surface area (Å²) in [5, 5.41) is 0. The van der Waals surface area contributed by atoms with E-state index in [1.165, 1.54) is 5.56 Å². The zero-order valence-corrected chi connectivity index (χ0v) is 10.2. The van der Waals surface area contributed by atoms with Gasteiger partial charge in [0.25, 0.3) is 0 Å². The maximum atomic E-state index is 6.13. The summed E-state index contributed by atoms with van der Waals surface area (Å²) in [5.41, 5.74) is 7.48. The van der Waals surface area contributed by atoms with Gasteiger partial charge in [0.2, 0.25) is 0 Å². The number of benzene rings is 1. The van der Waals surface area contributed by atoms with E-state index < -0.39 is 0 Å². The molecule has 0 aliphatic rings.